The standard InChI is InChI=1S/C16H13N3O3S/c1-4-8-22-12-7-5-6-11-13(12)17-18-19(11)14-10(2)9-23-15(14)16(20)21-3/h1,5-7,9H,8H2,2-3H3. The zero-order valence-corrected chi connectivity index (χ0v) is 13.4. The predicted molar refractivity (Wildman–Crippen MR) is 87.1 cm³/mol. The van der Waals surface area contributed by atoms with E-state index in [0.717, 1.165) is 11.1 Å². The fourth-order valence-electron chi connectivity index (χ4n) is 2.26. The minimum Gasteiger partial charge on any atom is -0.479 e. The van der Waals surface area contributed by atoms with E-state index in [1.165, 1.54) is 18.4 Å². The van der Waals surface area contributed by atoms with Crippen LogP contribution in [0.4, 0.5) is 0 Å². The van der Waals surface area contributed by atoms with Crippen molar-refractivity contribution in [2.75, 3.05) is 13.7 Å². The summed E-state index contributed by atoms with van der Waals surface area (Å²) in [6.07, 6.45) is 5.22. The van der Waals surface area contributed by atoms with Gasteiger partial charge in [-0.1, -0.05) is 17.2 Å². The van der Waals surface area contributed by atoms with Crippen molar-refractivity contribution in [2.24, 2.45) is 0 Å². The molecule has 23 heavy (non-hydrogen) atoms. The maximum atomic E-state index is 12.0. The fourth-order valence-corrected chi connectivity index (χ4v) is 3.20. The minimum atomic E-state index is -0.401. The van der Waals surface area contributed by atoms with Crippen LogP contribution in [0.2, 0.25) is 0 Å². The van der Waals surface area contributed by atoms with Gasteiger partial charge in [-0.3, -0.25) is 0 Å². The Hall–Kier alpha value is -2.85. The molecule has 0 aliphatic carbocycles. The smallest absolute Gasteiger partial charge is 0.350 e. The number of hydrogen-bond acceptors (Lipinski definition) is 6. The Morgan fingerprint density at radius 1 is 1.48 bits per heavy atom. The van der Waals surface area contributed by atoms with E-state index in [2.05, 4.69) is 16.2 Å². The highest BCUT2D eigenvalue weighted by Crippen LogP contribution is 2.31. The molecule has 0 aliphatic rings. The third-order valence-electron chi connectivity index (χ3n) is 3.28. The maximum Gasteiger partial charge on any atom is 0.350 e. The summed E-state index contributed by atoms with van der Waals surface area (Å²) < 4.78 is 11.9. The summed E-state index contributed by atoms with van der Waals surface area (Å²) in [6, 6.07) is 5.46. The van der Waals surface area contributed by atoms with E-state index >= 15 is 0 Å². The van der Waals surface area contributed by atoms with Crippen LogP contribution in [0.5, 0.6) is 5.75 Å². The Morgan fingerprint density at radius 3 is 3.04 bits per heavy atom. The molecule has 0 spiro atoms. The summed E-state index contributed by atoms with van der Waals surface area (Å²) in [7, 11) is 1.35. The molecule has 6 nitrogen and oxygen atoms in total. The van der Waals surface area contributed by atoms with Gasteiger partial charge in [-0.05, 0) is 30.0 Å². The highest BCUT2D eigenvalue weighted by Gasteiger charge is 2.21. The van der Waals surface area contributed by atoms with E-state index < -0.39 is 5.97 Å². The van der Waals surface area contributed by atoms with Crippen molar-refractivity contribution in [3.8, 4) is 23.8 Å². The number of esters is 1. The molecular formula is C16H13N3O3S. The van der Waals surface area contributed by atoms with Gasteiger partial charge in [-0.15, -0.1) is 22.9 Å². The lowest BCUT2D eigenvalue weighted by molar-refractivity contribution is 0.0606. The Balaban J connectivity index is 2.18. The molecule has 0 bridgehead atoms. The van der Waals surface area contributed by atoms with Gasteiger partial charge in [0.1, 0.15) is 11.5 Å². The van der Waals surface area contributed by atoms with E-state index in [4.69, 9.17) is 15.9 Å². The first kappa shape index (κ1) is 15.1. The average molecular weight is 327 g/mol. The van der Waals surface area contributed by atoms with Crippen LogP contribution in [0.1, 0.15) is 15.2 Å². The molecule has 3 aromatic rings. The van der Waals surface area contributed by atoms with Crippen molar-refractivity contribution in [1.82, 2.24) is 15.0 Å². The number of aryl methyl sites for hydroxylation is 1. The number of fused-ring (bicyclic) bond motifs is 1. The molecule has 1 aromatic carbocycles. The normalized spacial score (nSPS) is 10.5. The number of terminal acetylenes is 1. The fraction of sp³-hybridized carbons (Fsp3) is 0.188. The van der Waals surface area contributed by atoms with Gasteiger partial charge >= 0.3 is 5.97 Å². The second-order valence-corrected chi connectivity index (χ2v) is 5.59. The van der Waals surface area contributed by atoms with Gasteiger partial charge < -0.3 is 9.47 Å². The van der Waals surface area contributed by atoms with Crippen LogP contribution in [0.3, 0.4) is 0 Å². The van der Waals surface area contributed by atoms with Crippen molar-refractivity contribution >= 4 is 28.3 Å². The quantitative estimate of drug-likeness (QED) is 0.544. The molecule has 0 saturated heterocycles. The zero-order chi connectivity index (χ0) is 16.4. The number of ether oxygens (including phenoxy) is 2. The number of methoxy groups -OCH3 is 1. The highest BCUT2D eigenvalue weighted by atomic mass is 32.1. The van der Waals surface area contributed by atoms with Crippen LogP contribution in [-0.2, 0) is 4.74 Å². The first-order valence-electron chi connectivity index (χ1n) is 6.74. The van der Waals surface area contributed by atoms with Crippen LogP contribution in [0.25, 0.3) is 16.7 Å². The second-order valence-electron chi connectivity index (χ2n) is 4.71. The summed E-state index contributed by atoms with van der Waals surface area (Å²) in [5.74, 6) is 2.57. The van der Waals surface area contributed by atoms with E-state index in [1.54, 1.807) is 10.7 Å². The van der Waals surface area contributed by atoms with Crippen LogP contribution in [0, 0.1) is 19.3 Å². The van der Waals surface area contributed by atoms with E-state index in [1.807, 2.05) is 24.4 Å². The SMILES string of the molecule is C#CCOc1cccc2c1nnn2-c1c(C)csc1C(=O)OC. The number of carbonyl (C=O) groups is 1. The van der Waals surface area contributed by atoms with E-state index in [-0.39, 0.29) is 6.61 Å². The number of carbonyl (C=O) groups excluding carboxylic acids is 1. The molecule has 3 rings (SSSR count). The minimum absolute atomic E-state index is 0.150. The van der Waals surface area contributed by atoms with Crippen molar-refractivity contribution in [1.29, 1.82) is 0 Å². The summed E-state index contributed by atoms with van der Waals surface area (Å²) in [6.45, 7) is 2.06. The van der Waals surface area contributed by atoms with Crippen LogP contribution in [-0.4, -0.2) is 34.7 Å². The first-order valence-corrected chi connectivity index (χ1v) is 7.62. The number of hydrogen-bond donors (Lipinski definition) is 0. The Bertz CT molecular complexity index is 920. The first-order chi connectivity index (χ1) is 11.2. The monoisotopic (exact) mass is 327 g/mol. The maximum absolute atomic E-state index is 12.0. The summed E-state index contributed by atoms with van der Waals surface area (Å²) in [5, 5.41) is 10.2. The van der Waals surface area contributed by atoms with E-state index in [0.29, 0.717) is 21.8 Å². The molecule has 0 amide bonds. The lowest BCUT2D eigenvalue weighted by atomic mass is 10.2. The number of aromatic nitrogens is 3. The van der Waals surface area contributed by atoms with Crippen LogP contribution in [0.15, 0.2) is 23.6 Å². The van der Waals surface area contributed by atoms with Gasteiger partial charge in [-0.2, -0.15) is 0 Å². The molecule has 0 atom stereocenters. The molecule has 0 N–H and O–H groups in total. The van der Waals surface area contributed by atoms with Crippen LogP contribution < -0.4 is 4.74 Å². The van der Waals surface area contributed by atoms with Crippen LogP contribution >= 0.6 is 11.3 Å². The topological polar surface area (TPSA) is 66.2 Å². The average Bonchev–Trinajstić information content (AvgIpc) is 3.15. The third kappa shape index (κ3) is 2.53. The summed E-state index contributed by atoms with van der Waals surface area (Å²) >= 11 is 1.31. The van der Waals surface area contributed by atoms with Crippen molar-refractivity contribution in [2.45, 2.75) is 6.92 Å². The Labute approximate surface area is 136 Å². The molecule has 0 aliphatic heterocycles. The number of nitrogens with zero attached hydrogens (tertiary/aromatic N) is 3. The molecule has 116 valence electrons. The molecular weight excluding hydrogens is 314 g/mol. The van der Waals surface area contributed by atoms with Gasteiger partial charge in [0.2, 0.25) is 0 Å². The predicted octanol–water partition coefficient (Wildman–Crippen LogP) is 2.59. The largest absolute Gasteiger partial charge is 0.479 e. The Morgan fingerprint density at radius 2 is 2.30 bits per heavy atom. The zero-order valence-electron chi connectivity index (χ0n) is 12.6. The second kappa shape index (κ2) is 6.10. The molecule has 0 fully saturated rings. The molecule has 2 heterocycles. The van der Waals surface area contributed by atoms with Crippen molar-refractivity contribution in [3.05, 3.63) is 34.0 Å². The molecule has 2 aromatic heterocycles. The summed E-state index contributed by atoms with van der Waals surface area (Å²) in [4.78, 5) is 12.4. The van der Waals surface area contributed by atoms with Crippen molar-refractivity contribution < 1.29 is 14.3 Å². The van der Waals surface area contributed by atoms with Gasteiger partial charge in [0.05, 0.1) is 18.3 Å². The van der Waals surface area contributed by atoms with Gasteiger partial charge in [0.15, 0.2) is 11.3 Å². The molecule has 0 saturated carbocycles. The lowest BCUT2D eigenvalue weighted by Gasteiger charge is -2.06. The summed E-state index contributed by atoms with van der Waals surface area (Å²) in [5.41, 5.74) is 2.89. The van der Waals surface area contributed by atoms with Gasteiger partial charge in [0, 0.05) is 0 Å². The number of rotatable bonds is 4. The molecule has 7 heteroatoms. The van der Waals surface area contributed by atoms with E-state index in [9.17, 15) is 4.79 Å². The highest BCUT2D eigenvalue weighted by molar-refractivity contribution is 7.12. The van der Waals surface area contributed by atoms with Gasteiger partial charge in [-0.25, -0.2) is 9.48 Å². The van der Waals surface area contributed by atoms with Crippen molar-refractivity contribution in [3.63, 3.8) is 0 Å². The lowest BCUT2D eigenvalue weighted by Crippen LogP contribution is -2.06. The molecule has 0 radical (unpaired) electrons. The van der Waals surface area contributed by atoms with Gasteiger partial charge in [0.25, 0.3) is 0 Å². The Kier molecular flexibility index (Phi) is 4.00. The third-order valence-corrected chi connectivity index (χ3v) is 4.34. The molecule has 0 unspecified atom stereocenters. The number of thiophene rings is 1. The number of benzene rings is 1.